The summed E-state index contributed by atoms with van der Waals surface area (Å²) in [5.41, 5.74) is 0.718. The molecular weight excluding hydrogens is 472 g/mol. The van der Waals surface area contributed by atoms with E-state index in [1.54, 1.807) is 24.4 Å². The summed E-state index contributed by atoms with van der Waals surface area (Å²) in [5.74, 6) is -0.465. The minimum absolute atomic E-state index is 0.117. The number of thiocarbonyl (C=S) groups is 1. The normalized spacial score (nSPS) is 15.0. The first kappa shape index (κ1) is 25.9. The van der Waals surface area contributed by atoms with Crippen molar-refractivity contribution in [2.24, 2.45) is 0 Å². The second-order valence-corrected chi connectivity index (χ2v) is 9.78. The van der Waals surface area contributed by atoms with Crippen molar-refractivity contribution in [2.45, 2.75) is 52.4 Å². The molecule has 3 heterocycles. The number of hydrogen-bond donors (Lipinski definition) is 1. The van der Waals surface area contributed by atoms with E-state index in [0.717, 1.165) is 25.9 Å². The molecule has 1 amide bonds. The molecule has 1 aliphatic heterocycles. The lowest BCUT2D eigenvalue weighted by molar-refractivity contribution is -0.137. The first-order chi connectivity index (χ1) is 16.4. The zero-order chi connectivity index (χ0) is 24.7. The van der Waals surface area contributed by atoms with Crippen molar-refractivity contribution in [3.8, 4) is 0 Å². The number of unbranched alkanes of at least 4 members (excludes halogenated alkanes) is 2. The molecule has 0 radical (unpaired) electrons. The second kappa shape index (κ2) is 12.1. The number of fused-ring (bicyclic) bond motifs is 1. The van der Waals surface area contributed by atoms with Gasteiger partial charge in [0.1, 0.15) is 15.8 Å². The fourth-order valence-electron chi connectivity index (χ4n) is 3.87. The van der Waals surface area contributed by atoms with Crippen LogP contribution in [0.4, 0.5) is 5.82 Å². The third kappa shape index (κ3) is 6.04. The summed E-state index contributed by atoms with van der Waals surface area (Å²) >= 11 is 6.62. The van der Waals surface area contributed by atoms with Gasteiger partial charge in [-0.25, -0.2) is 4.98 Å². The van der Waals surface area contributed by atoms with Gasteiger partial charge in [0.05, 0.1) is 10.5 Å². The van der Waals surface area contributed by atoms with Crippen LogP contribution in [0.15, 0.2) is 34.1 Å². The monoisotopic (exact) mass is 502 g/mol. The predicted molar refractivity (Wildman–Crippen MR) is 140 cm³/mol. The molecule has 2 aromatic heterocycles. The summed E-state index contributed by atoms with van der Waals surface area (Å²) in [4.78, 5) is 46.1. The minimum atomic E-state index is -0.820. The number of carboxylic acids is 1. The van der Waals surface area contributed by atoms with Crippen LogP contribution in [0, 0.1) is 0 Å². The van der Waals surface area contributed by atoms with Crippen molar-refractivity contribution in [3.05, 3.63) is 45.2 Å². The average Bonchev–Trinajstić information content (AvgIpc) is 3.07. The van der Waals surface area contributed by atoms with Gasteiger partial charge in [-0.05, 0) is 43.9 Å². The van der Waals surface area contributed by atoms with Crippen LogP contribution in [0.1, 0.15) is 57.9 Å². The molecule has 1 N–H and O–H groups in total. The SMILES string of the molecule is CCCN(CCC)c1nc2ccccn2c(=O)c1/C=C1\SC(=S)N(CCCCCC(=O)O)C1=O. The Bertz CT molecular complexity index is 1160. The zero-order valence-electron chi connectivity index (χ0n) is 19.5. The zero-order valence-corrected chi connectivity index (χ0v) is 21.2. The van der Waals surface area contributed by atoms with Gasteiger partial charge in [-0.3, -0.25) is 23.7 Å². The number of carbonyl (C=O) groups excluding carboxylic acids is 1. The number of rotatable bonds is 12. The summed E-state index contributed by atoms with van der Waals surface area (Å²) in [6.07, 6.45) is 7.16. The molecule has 3 rings (SSSR count). The number of amides is 1. The summed E-state index contributed by atoms with van der Waals surface area (Å²) in [7, 11) is 0. The van der Waals surface area contributed by atoms with E-state index in [2.05, 4.69) is 18.7 Å². The molecule has 1 aliphatic rings. The molecule has 2 aromatic rings. The third-order valence-electron chi connectivity index (χ3n) is 5.46. The maximum absolute atomic E-state index is 13.5. The number of pyridine rings is 1. The van der Waals surface area contributed by atoms with E-state index in [9.17, 15) is 14.4 Å². The smallest absolute Gasteiger partial charge is 0.303 e. The Morgan fingerprint density at radius 1 is 1.18 bits per heavy atom. The van der Waals surface area contributed by atoms with Gasteiger partial charge in [0, 0.05) is 32.3 Å². The van der Waals surface area contributed by atoms with Gasteiger partial charge in [0.25, 0.3) is 11.5 Å². The van der Waals surface area contributed by atoms with E-state index in [-0.39, 0.29) is 17.9 Å². The van der Waals surface area contributed by atoms with Crippen LogP contribution in [0.5, 0.6) is 0 Å². The highest BCUT2D eigenvalue weighted by atomic mass is 32.2. The molecule has 0 aliphatic carbocycles. The first-order valence-corrected chi connectivity index (χ1v) is 12.8. The Balaban J connectivity index is 1.94. The summed E-state index contributed by atoms with van der Waals surface area (Å²) < 4.78 is 1.94. The lowest BCUT2D eigenvalue weighted by Crippen LogP contribution is -2.31. The van der Waals surface area contributed by atoms with E-state index >= 15 is 0 Å². The van der Waals surface area contributed by atoms with Gasteiger partial charge >= 0.3 is 5.97 Å². The number of aliphatic carboxylic acids is 1. The van der Waals surface area contributed by atoms with Crippen molar-refractivity contribution < 1.29 is 14.7 Å². The Morgan fingerprint density at radius 2 is 1.91 bits per heavy atom. The van der Waals surface area contributed by atoms with E-state index in [1.807, 2.05) is 6.07 Å². The molecule has 10 heteroatoms. The maximum atomic E-state index is 13.5. The molecule has 182 valence electrons. The number of thioether (sulfide) groups is 1. The van der Waals surface area contributed by atoms with Gasteiger partial charge in [-0.2, -0.15) is 0 Å². The largest absolute Gasteiger partial charge is 0.481 e. The number of carbonyl (C=O) groups is 2. The molecule has 1 fully saturated rings. The predicted octanol–water partition coefficient (Wildman–Crippen LogP) is 4.17. The summed E-state index contributed by atoms with van der Waals surface area (Å²) in [5, 5.41) is 8.77. The van der Waals surface area contributed by atoms with E-state index in [0.29, 0.717) is 52.1 Å². The number of nitrogens with zero attached hydrogens (tertiary/aromatic N) is 4. The van der Waals surface area contributed by atoms with Gasteiger partial charge in [0.15, 0.2) is 0 Å². The number of aromatic nitrogens is 2. The van der Waals surface area contributed by atoms with Crippen molar-refractivity contribution in [2.75, 3.05) is 24.5 Å². The molecular formula is C24H30N4O4S2. The Morgan fingerprint density at radius 3 is 2.59 bits per heavy atom. The van der Waals surface area contributed by atoms with Crippen LogP contribution in [0.3, 0.4) is 0 Å². The molecule has 0 saturated carbocycles. The quantitative estimate of drug-likeness (QED) is 0.263. The van der Waals surface area contributed by atoms with Crippen LogP contribution in [-0.4, -0.2) is 55.2 Å². The highest BCUT2D eigenvalue weighted by Crippen LogP contribution is 2.33. The molecule has 0 aromatic carbocycles. The fourth-order valence-corrected chi connectivity index (χ4v) is 5.16. The van der Waals surface area contributed by atoms with Gasteiger partial charge in [-0.1, -0.05) is 50.3 Å². The molecule has 0 atom stereocenters. The topological polar surface area (TPSA) is 95.2 Å². The highest BCUT2D eigenvalue weighted by molar-refractivity contribution is 8.26. The van der Waals surface area contributed by atoms with Crippen LogP contribution >= 0.6 is 24.0 Å². The second-order valence-electron chi connectivity index (χ2n) is 8.11. The average molecular weight is 503 g/mol. The molecule has 0 spiro atoms. The van der Waals surface area contributed by atoms with Crippen molar-refractivity contribution in [1.29, 1.82) is 0 Å². The van der Waals surface area contributed by atoms with Gasteiger partial charge in [-0.15, -0.1) is 0 Å². The Labute approximate surface area is 208 Å². The lowest BCUT2D eigenvalue weighted by Gasteiger charge is -2.24. The van der Waals surface area contributed by atoms with Crippen LogP contribution in [-0.2, 0) is 9.59 Å². The Kier molecular flexibility index (Phi) is 9.23. The number of carboxylic acid groups (broad SMARTS) is 1. The van der Waals surface area contributed by atoms with Gasteiger partial charge < -0.3 is 10.0 Å². The maximum Gasteiger partial charge on any atom is 0.303 e. The first-order valence-electron chi connectivity index (χ1n) is 11.6. The standard InChI is InChI=1S/C24H30N4O4S2/c1-3-12-26(13-4-2)21-17(22(31)27-14-9-7-10-19(27)25-21)16-18-23(32)28(24(33)34-18)15-8-5-6-11-20(29)30/h7,9-10,14,16H,3-6,8,11-13,15H2,1-2H3,(H,29,30)/b18-16-. The molecule has 8 nitrogen and oxygen atoms in total. The van der Waals surface area contributed by atoms with E-state index in [1.165, 1.54) is 21.1 Å². The molecule has 1 saturated heterocycles. The highest BCUT2D eigenvalue weighted by Gasteiger charge is 2.32. The molecule has 0 bridgehead atoms. The van der Waals surface area contributed by atoms with Crippen LogP contribution < -0.4 is 10.5 Å². The van der Waals surface area contributed by atoms with Crippen molar-refractivity contribution >= 4 is 57.7 Å². The minimum Gasteiger partial charge on any atom is -0.481 e. The third-order valence-corrected chi connectivity index (χ3v) is 6.83. The Hall–Kier alpha value is -2.72. The number of hydrogen-bond acceptors (Lipinski definition) is 7. The molecule has 34 heavy (non-hydrogen) atoms. The van der Waals surface area contributed by atoms with Crippen molar-refractivity contribution in [1.82, 2.24) is 14.3 Å². The fraction of sp³-hybridized carbons (Fsp3) is 0.458. The van der Waals surface area contributed by atoms with Crippen LogP contribution in [0.25, 0.3) is 11.7 Å². The van der Waals surface area contributed by atoms with Crippen LogP contribution in [0.2, 0.25) is 0 Å². The van der Waals surface area contributed by atoms with Crippen molar-refractivity contribution in [3.63, 3.8) is 0 Å². The summed E-state index contributed by atoms with van der Waals surface area (Å²) in [6.45, 7) is 6.10. The lowest BCUT2D eigenvalue weighted by atomic mass is 10.2. The summed E-state index contributed by atoms with van der Waals surface area (Å²) in [6, 6.07) is 5.42. The van der Waals surface area contributed by atoms with E-state index < -0.39 is 5.97 Å². The number of anilines is 1. The van der Waals surface area contributed by atoms with E-state index in [4.69, 9.17) is 22.3 Å². The van der Waals surface area contributed by atoms with Gasteiger partial charge in [0.2, 0.25) is 0 Å². The molecule has 0 unspecified atom stereocenters.